The van der Waals surface area contributed by atoms with Crippen molar-refractivity contribution in [3.05, 3.63) is 24.4 Å². The van der Waals surface area contributed by atoms with Gasteiger partial charge in [-0.3, -0.25) is 4.79 Å². The van der Waals surface area contributed by atoms with Crippen LogP contribution in [0, 0.1) is 5.92 Å². The molecule has 1 saturated carbocycles. The fourth-order valence-corrected chi connectivity index (χ4v) is 1.03. The van der Waals surface area contributed by atoms with Crippen LogP contribution in [0.15, 0.2) is 24.4 Å². The molecule has 76 valence electrons. The molecule has 14 heavy (non-hydrogen) atoms. The first-order valence-corrected chi connectivity index (χ1v) is 4.59. The number of nitrogens with zero attached hydrogens (tertiary/aromatic N) is 1. The molecule has 0 bridgehead atoms. The smallest absolute Gasteiger partial charge is 0.306 e. The van der Waals surface area contributed by atoms with E-state index in [1.165, 1.54) is 0 Å². The highest BCUT2D eigenvalue weighted by molar-refractivity contribution is 5.70. The van der Waals surface area contributed by atoms with Gasteiger partial charge in [0.05, 0.1) is 5.92 Å². The number of carbonyl (C=O) groups is 1. The lowest BCUT2D eigenvalue weighted by atomic mass is 9.86. The maximum atomic E-state index is 9.98. The Kier molecular flexibility index (Phi) is 3.91. The Morgan fingerprint density at radius 3 is 2.36 bits per heavy atom. The second-order valence-corrected chi connectivity index (χ2v) is 3.22. The SMILES string of the molecule is Nc1ccccn1.O=C(O)C1CCC1. The van der Waals surface area contributed by atoms with E-state index in [0.717, 1.165) is 19.3 Å². The Morgan fingerprint density at radius 1 is 1.50 bits per heavy atom. The fraction of sp³-hybridized carbons (Fsp3) is 0.400. The minimum atomic E-state index is -0.619. The van der Waals surface area contributed by atoms with E-state index in [1.54, 1.807) is 12.3 Å². The van der Waals surface area contributed by atoms with E-state index in [9.17, 15) is 4.79 Å². The molecule has 0 radical (unpaired) electrons. The summed E-state index contributed by atoms with van der Waals surface area (Å²) in [5.41, 5.74) is 5.25. The molecule has 0 atom stereocenters. The Morgan fingerprint density at radius 2 is 2.21 bits per heavy atom. The largest absolute Gasteiger partial charge is 0.481 e. The summed E-state index contributed by atoms with van der Waals surface area (Å²) in [6, 6.07) is 5.43. The third kappa shape index (κ3) is 3.43. The maximum Gasteiger partial charge on any atom is 0.306 e. The molecule has 1 aromatic heterocycles. The molecule has 0 spiro atoms. The molecule has 4 nitrogen and oxygen atoms in total. The first kappa shape index (κ1) is 10.5. The molecule has 1 fully saturated rings. The van der Waals surface area contributed by atoms with Crippen LogP contribution >= 0.6 is 0 Å². The van der Waals surface area contributed by atoms with Crippen LogP contribution in [0.2, 0.25) is 0 Å². The molecule has 0 aliphatic heterocycles. The minimum absolute atomic E-state index is 0.000000000000000444. The molecule has 2 rings (SSSR count). The van der Waals surface area contributed by atoms with Crippen LogP contribution in [0.5, 0.6) is 0 Å². The van der Waals surface area contributed by atoms with E-state index in [4.69, 9.17) is 10.8 Å². The van der Waals surface area contributed by atoms with E-state index < -0.39 is 5.97 Å². The lowest BCUT2D eigenvalue weighted by molar-refractivity contribution is -0.144. The van der Waals surface area contributed by atoms with Gasteiger partial charge in [0.1, 0.15) is 5.82 Å². The molecule has 0 unspecified atom stereocenters. The molecule has 1 heterocycles. The van der Waals surface area contributed by atoms with Gasteiger partial charge in [0.25, 0.3) is 0 Å². The second kappa shape index (κ2) is 5.21. The normalized spacial score (nSPS) is 14.9. The highest BCUT2D eigenvalue weighted by Gasteiger charge is 2.23. The fourth-order valence-electron chi connectivity index (χ4n) is 1.03. The highest BCUT2D eigenvalue weighted by Crippen LogP contribution is 2.25. The standard InChI is InChI=1S/C5H6N2.C5H8O2/c6-5-3-1-2-4-7-5;6-5(7)4-2-1-3-4/h1-4H,(H2,6,7);4H,1-3H2,(H,6,7). The summed E-state index contributed by atoms with van der Waals surface area (Å²) in [6.07, 6.45) is 4.57. The molecule has 4 heteroatoms. The monoisotopic (exact) mass is 194 g/mol. The van der Waals surface area contributed by atoms with Crippen molar-refractivity contribution < 1.29 is 9.90 Å². The lowest BCUT2D eigenvalue weighted by Gasteiger charge is -2.19. The van der Waals surface area contributed by atoms with Crippen molar-refractivity contribution in [1.29, 1.82) is 0 Å². The topological polar surface area (TPSA) is 76.2 Å². The van der Waals surface area contributed by atoms with E-state index in [2.05, 4.69) is 4.98 Å². The van der Waals surface area contributed by atoms with Crippen LogP contribution in [0.4, 0.5) is 5.82 Å². The molecule has 0 aromatic carbocycles. The number of nitrogens with two attached hydrogens (primary N) is 1. The number of aliphatic carboxylic acids is 1. The van der Waals surface area contributed by atoms with Gasteiger partial charge in [0, 0.05) is 6.20 Å². The number of carboxylic acids is 1. The van der Waals surface area contributed by atoms with Crippen molar-refractivity contribution in [3.63, 3.8) is 0 Å². The van der Waals surface area contributed by atoms with E-state index in [0.29, 0.717) is 5.82 Å². The van der Waals surface area contributed by atoms with Crippen LogP contribution in [-0.2, 0) is 4.79 Å². The maximum absolute atomic E-state index is 9.98. The van der Waals surface area contributed by atoms with E-state index >= 15 is 0 Å². The number of anilines is 1. The summed E-state index contributed by atoms with van der Waals surface area (Å²) in [4.78, 5) is 13.7. The van der Waals surface area contributed by atoms with E-state index in [1.807, 2.05) is 12.1 Å². The summed E-state index contributed by atoms with van der Waals surface area (Å²) < 4.78 is 0. The first-order valence-electron chi connectivity index (χ1n) is 4.59. The zero-order valence-corrected chi connectivity index (χ0v) is 7.89. The van der Waals surface area contributed by atoms with Crippen LogP contribution in [0.3, 0.4) is 0 Å². The van der Waals surface area contributed by atoms with Gasteiger partial charge in [-0.1, -0.05) is 12.5 Å². The van der Waals surface area contributed by atoms with Gasteiger partial charge in [0.15, 0.2) is 0 Å². The zero-order valence-electron chi connectivity index (χ0n) is 7.89. The van der Waals surface area contributed by atoms with Crippen molar-refractivity contribution in [2.24, 2.45) is 5.92 Å². The summed E-state index contributed by atoms with van der Waals surface area (Å²) >= 11 is 0. The summed E-state index contributed by atoms with van der Waals surface area (Å²) in [5, 5.41) is 8.23. The predicted octanol–water partition coefficient (Wildman–Crippen LogP) is 1.53. The third-order valence-corrected chi connectivity index (χ3v) is 2.14. The third-order valence-electron chi connectivity index (χ3n) is 2.14. The Hall–Kier alpha value is -1.58. The van der Waals surface area contributed by atoms with Crippen molar-refractivity contribution in [2.45, 2.75) is 19.3 Å². The summed E-state index contributed by atoms with van der Waals surface area (Å²) in [6.45, 7) is 0. The van der Waals surface area contributed by atoms with Crippen molar-refractivity contribution in [2.75, 3.05) is 5.73 Å². The summed E-state index contributed by atoms with van der Waals surface area (Å²) in [5.74, 6) is -0.0475. The van der Waals surface area contributed by atoms with Crippen molar-refractivity contribution in [3.8, 4) is 0 Å². The number of carboxylic acid groups (broad SMARTS) is 1. The average molecular weight is 194 g/mol. The number of hydrogen-bond acceptors (Lipinski definition) is 3. The van der Waals surface area contributed by atoms with Crippen molar-refractivity contribution in [1.82, 2.24) is 4.98 Å². The average Bonchev–Trinajstić information content (AvgIpc) is 2.02. The Balaban J connectivity index is 0.000000140. The molecular weight excluding hydrogens is 180 g/mol. The number of rotatable bonds is 1. The summed E-state index contributed by atoms with van der Waals surface area (Å²) in [7, 11) is 0. The van der Waals surface area contributed by atoms with Gasteiger partial charge in [-0.05, 0) is 25.0 Å². The molecule has 3 N–H and O–H groups in total. The van der Waals surface area contributed by atoms with Crippen molar-refractivity contribution >= 4 is 11.8 Å². The molecule has 0 saturated heterocycles. The quantitative estimate of drug-likeness (QED) is 0.710. The van der Waals surface area contributed by atoms with Crippen LogP contribution in [0.25, 0.3) is 0 Å². The van der Waals surface area contributed by atoms with Gasteiger partial charge in [-0.25, -0.2) is 4.98 Å². The highest BCUT2D eigenvalue weighted by atomic mass is 16.4. The molecule has 1 aliphatic carbocycles. The van der Waals surface area contributed by atoms with Gasteiger partial charge in [-0.15, -0.1) is 0 Å². The number of hydrogen-bond donors (Lipinski definition) is 2. The number of aromatic nitrogens is 1. The van der Waals surface area contributed by atoms with E-state index in [-0.39, 0.29) is 5.92 Å². The van der Waals surface area contributed by atoms with Gasteiger partial charge < -0.3 is 10.8 Å². The molecule has 1 aromatic rings. The minimum Gasteiger partial charge on any atom is -0.481 e. The molecular formula is C10H14N2O2. The molecule has 0 amide bonds. The zero-order chi connectivity index (χ0) is 10.4. The first-order chi connectivity index (χ1) is 6.70. The lowest BCUT2D eigenvalue weighted by Crippen LogP contribution is -2.20. The van der Waals surface area contributed by atoms with Crippen LogP contribution in [0.1, 0.15) is 19.3 Å². The second-order valence-electron chi connectivity index (χ2n) is 3.22. The van der Waals surface area contributed by atoms with Crippen LogP contribution < -0.4 is 5.73 Å². The Labute approximate surface area is 82.8 Å². The van der Waals surface area contributed by atoms with Gasteiger partial charge >= 0.3 is 5.97 Å². The van der Waals surface area contributed by atoms with Crippen LogP contribution in [-0.4, -0.2) is 16.1 Å². The number of pyridine rings is 1. The number of nitrogen functional groups attached to an aromatic ring is 1. The molecule has 1 aliphatic rings. The predicted molar refractivity (Wildman–Crippen MR) is 53.6 cm³/mol. The van der Waals surface area contributed by atoms with Gasteiger partial charge in [0.2, 0.25) is 0 Å². The van der Waals surface area contributed by atoms with Gasteiger partial charge in [-0.2, -0.15) is 0 Å². The Bertz CT molecular complexity index is 283.